The third-order valence-electron chi connectivity index (χ3n) is 1.84. The van der Waals surface area contributed by atoms with E-state index in [-0.39, 0.29) is 5.82 Å². The Morgan fingerprint density at radius 2 is 2.06 bits per heavy atom. The summed E-state index contributed by atoms with van der Waals surface area (Å²) in [6.07, 6.45) is -0.622. The molecule has 0 aliphatic heterocycles. The Balaban J connectivity index is 2.97. The molecule has 16 heavy (non-hydrogen) atoms. The van der Waals surface area contributed by atoms with Gasteiger partial charge >= 0.3 is 0 Å². The van der Waals surface area contributed by atoms with E-state index in [1.165, 1.54) is 6.07 Å². The van der Waals surface area contributed by atoms with Gasteiger partial charge in [-0.25, -0.2) is 4.39 Å². The van der Waals surface area contributed by atoms with Gasteiger partial charge in [-0.3, -0.25) is 0 Å². The quantitative estimate of drug-likeness (QED) is 0.791. The van der Waals surface area contributed by atoms with Crippen LogP contribution in [0.2, 0.25) is 19.6 Å². The molecule has 0 bridgehead atoms. The Morgan fingerprint density at radius 1 is 1.44 bits per heavy atom. The molecule has 1 unspecified atom stereocenters. The largest absolute Gasteiger partial charge is 0.399 e. The van der Waals surface area contributed by atoms with Gasteiger partial charge in [0.25, 0.3) is 0 Å². The summed E-state index contributed by atoms with van der Waals surface area (Å²) < 4.78 is 19.1. The molecule has 1 atom stereocenters. The van der Waals surface area contributed by atoms with Crippen LogP contribution >= 0.6 is 15.9 Å². The summed E-state index contributed by atoms with van der Waals surface area (Å²) in [5.74, 6) is -0.339. The maximum absolute atomic E-state index is 13.0. The minimum Gasteiger partial charge on any atom is -0.399 e. The van der Waals surface area contributed by atoms with Crippen molar-refractivity contribution in [3.63, 3.8) is 0 Å². The van der Waals surface area contributed by atoms with Crippen molar-refractivity contribution in [2.24, 2.45) is 0 Å². The molecule has 0 spiro atoms. The van der Waals surface area contributed by atoms with Crippen LogP contribution in [-0.2, 0) is 4.43 Å². The number of nitrogens with zero attached hydrogens (tertiary/aromatic N) is 1. The Morgan fingerprint density at radius 3 is 2.50 bits per heavy atom. The first-order valence-corrected chi connectivity index (χ1v) is 9.06. The van der Waals surface area contributed by atoms with Crippen LogP contribution in [-0.4, -0.2) is 8.32 Å². The van der Waals surface area contributed by atoms with Gasteiger partial charge in [0.2, 0.25) is 0 Å². The zero-order valence-corrected chi connectivity index (χ0v) is 12.0. The lowest BCUT2D eigenvalue weighted by atomic mass is 10.1. The Bertz CT molecular complexity index is 425. The van der Waals surface area contributed by atoms with E-state index in [0.29, 0.717) is 10.0 Å². The van der Waals surface area contributed by atoms with E-state index in [4.69, 9.17) is 9.69 Å². The van der Waals surface area contributed by atoms with Gasteiger partial charge in [-0.2, -0.15) is 5.26 Å². The summed E-state index contributed by atoms with van der Waals surface area (Å²) >= 11 is 3.09. The molecule has 0 aliphatic carbocycles. The maximum atomic E-state index is 13.0. The number of benzene rings is 1. The lowest BCUT2D eigenvalue weighted by Gasteiger charge is -2.21. The average Bonchev–Trinajstić information content (AvgIpc) is 2.17. The summed E-state index contributed by atoms with van der Waals surface area (Å²) in [5, 5.41) is 9.04. The predicted octanol–water partition coefficient (Wildman–Crippen LogP) is 4.00. The predicted molar refractivity (Wildman–Crippen MR) is 66.9 cm³/mol. The van der Waals surface area contributed by atoms with E-state index in [0.717, 1.165) is 0 Å². The van der Waals surface area contributed by atoms with Crippen LogP contribution in [0.4, 0.5) is 4.39 Å². The van der Waals surface area contributed by atoms with Crippen molar-refractivity contribution in [1.82, 2.24) is 0 Å². The number of hydrogen-bond acceptors (Lipinski definition) is 2. The smallest absolute Gasteiger partial charge is 0.186 e. The first-order valence-electron chi connectivity index (χ1n) is 4.86. The van der Waals surface area contributed by atoms with Gasteiger partial charge in [-0.1, -0.05) is 6.07 Å². The second-order valence-electron chi connectivity index (χ2n) is 4.41. The minimum atomic E-state index is -1.79. The summed E-state index contributed by atoms with van der Waals surface area (Å²) in [6, 6.07) is 6.59. The normalized spacial score (nSPS) is 13.2. The third kappa shape index (κ3) is 3.70. The summed E-state index contributed by atoms with van der Waals surface area (Å²) in [4.78, 5) is 0. The number of hydrogen-bond donors (Lipinski definition) is 0. The fourth-order valence-corrected chi connectivity index (χ4v) is 2.49. The molecule has 0 saturated carbocycles. The highest BCUT2D eigenvalue weighted by Crippen LogP contribution is 2.25. The van der Waals surface area contributed by atoms with Crippen LogP contribution in [0.3, 0.4) is 0 Å². The van der Waals surface area contributed by atoms with Gasteiger partial charge in [-0.05, 0) is 53.3 Å². The van der Waals surface area contributed by atoms with Crippen molar-refractivity contribution in [3.8, 4) is 6.07 Å². The van der Waals surface area contributed by atoms with Crippen LogP contribution in [0, 0.1) is 17.1 Å². The fourth-order valence-electron chi connectivity index (χ4n) is 1.20. The maximum Gasteiger partial charge on any atom is 0.186 e. The molecule has 0 radical (unpaired) electrons. The Kier molecular flexibility index (Phi) is 4.25. The second-order valence-corrected chi connectivity index (χ2v) is 9.73. The van der Waals surface area contributed by atoms with Gasteiger partial charge in [0.05, 0.1) is 10.5 Å². The van der Waals surface area contributed by atoms with Gasteiger partial charge in [-0.15, -0.1) is 0 Å². The van der Waals surface area contributed by atoms with Gasteiger partial charge < -0.3 is 4.43 Å². The topological polar surface area (TPSA) is 33.0 Å². The number of nitriles is 1. The van der Waals surface area contributed by atoms with E-state index < -0.39 is 14.4 Å². The molecule has 2 nitrogen and oxygen atoms in total. The molecule has 0 saturated heterocycles. The van der Waals surface area contributed by atoms with Crippen LogP contribution in [0.1, 0.15) is 11.7 Å². The van der Waals surface area contributed by atoms with Crippen molar-refractivity contribution < 1.29 is 8.82 Å². The average molecular weight is 302 g/mol. The standard InChI is InChI=1S/C11H13BrFNOSi/c1-16(2,3)15-11(7-14)8-4-5-10(13)9(12)6-8/h4-6,11H,1-3H3. The molecular weight excluding hydrogens is 289 g/mol. The molecule has 0 aromatic heterocycles. The molecule has 0 amide bonds. The molecule has 0 fully saturated rings. The summed E-state index contributed by atoms with van der Waals surface area (Å²) in [5.41, 5.74) is 0.679. The molecule has 1 aromatic carbocycles. The molecule has 0 heterocycles. The number of rotatable bonds is 3. The highest BCUT2D eigenvalue weighted by atomic mass is 79.9. The van der Waals surface area contributed by atoms with E-state index in [2.05, 4.69) is 22.0 Å². The fraction of sp³-hybridized carbons (Fsp3) is 0.364. The van der Waals surface area contributed by atoms with E-state index >= 15 is 0 Å². The highest BCUT2D eigenvalue weighted by molar-refractivity contribution is 9.10. The van der Waals surface area contributed by atoms with Crippen molar-refractivity contribution in [2.45, 2.75) is 25.7 Å². The van der Waals surface area contributed by atoms with Gasteiger partial charge in [0, 0.05) is 0 Å². The monoisotopic (exact) mass is 301 g/mol. The van der Waals surface area contributed by atoms with Crippen LogP contribution in [0.25, 0.3) is 0 Å². The second kappa shape index (κ2) is 5.08. The molecule has 1 rings (SSSR count). The summed E-state index contributed by atoms with van der Waals surface area (Å²) in [7, 11) is -1.79. The Labute approximate surface area is 104 Å². The molecule has 5 heteroatoms. The first kappa shape index (κ1) is 13.4. The molecule has 1 aromatic rings. The van der Waals surface area contributed by atoms with Crippen molar-refractivity contribution in [2.75, 3.05) is 0 Å². The minimum absolute atomic E-state index is 0.339. The highest BCUT2D eigenvalue weighted by Gasteiger charge is 2.22. The molecular formula is C11H13BrFNOSi. The van der Waals surface area contributed by atoms with Crippen molar-refractivity contribution in [3.05, 3.63) is 34.1 Å². The Hall–Kier alpha value is -0.703. The van der Waals surface area contributed by atoms with Crippen molar-refractivity contribution in [1.29, 1.82) is 5.26 Å². The van der Waals surface area contributed by atoms with Crippen LogP contribution in [0.5, 0.6) is 0 Å². The zero-order valence-electron chi connectivity index (χ0n) is 9.42. The lowest BCUT2D eigenvalue weighted by Crippen LogP contribution is -2.27. The van der Waals surface area contributed by atoms with E-state index in [9.17, 15) is 4.39 Å². The molecule has 0 N–H and O–H groups in total. The molecule has 0 aliphatic rings. The van der Waals surface area contributed by atoms with Crippen LogP contribution < -0.4 is 0 Å². The SMILES string of the molecule is C[Si](C)(C)OC(C#N)c1ccc(F)c(Br)c1. The first-order chi connectivity index (χ1) is 7.33. The van der Waals surface area contributed by atoms with Gasteiger partial charge in [0.15, 0.2) is 14.4 Å². The lowest BCUT2D eigenvalue weighted by molar-refractivity contribution is 0.255. The third-order valence-corrected chi connectivity index (χ3v) is 3.39. The van der Waals surface area contributed by atoms with Gasteiger partial charge in [0.1, 0.15) is 5.82 Å². The molecule has 86 valence electrons. The van der Waals surface area contributed by atoms with Crippen molar-refractivity contribution >= 4 is 24.2 Å². The van der Waals surface area contributed by atoms with E-state index in [1.54, 1.807) is 12.1 Å². The summed E-state index contributed by atoms with van der Waals surface area (Å²) in [6.45, 7) is 6.03. The number of halogens is 2. The van der Waals surface area contributed by atoms with Crippen LogP contribution in [0.15, 0.2) is 22.7 Å². The zero-order chi connectivity index (χ0) is 12.3. The van der Waals surface area contributed by atoms with E-state index in [1.807, 2.05) is 19.6 Å².